The van der Waals surface area contributed by atoms with Gasteiger partial charge in [-0.25, -0.2) is 0 Å². The predicted molar refractivity (Wildman–Crippen MR) is 276 cm³/mol. The molecule has 2 heteroatoms. The minimum atomic E-state index is -0.591. The summed E-state index contributed by atoms with van der Waals surface area (Å²) in [5.74, 6) is 0. The number of hydrogen-bond acceptors (Lipinski definition) is 1. The molecule has 2 nitrogen and oxygen atoms in total. The Bertz CT molecular complexity index is 3560. The van der Waals surface area contributed by atoms with Crippen molar-refractivity contribution < 1.29 is 0 Å². The third-order valence-corrected chi connectivity index (χ3v) is 14.7. The molecule has 2 aliphatic carbocycles. The first kappa shape index (κ1) is 38.3. The maximum Gasteiger partial charge on any atom is 0.0714 e. The molecule has 10 aromatic carbocycles. The van der Waals surface area contributed by atoms with Crippen molar-refractivity contribution in [1.29, 1.82) is 0 Å². The fourth-order valence-corrected chi connectivity index (χ4v) is 11.8. The van der Waals surface area contributed by atoms with E-state index in [1.54, 1.807) is 0 Å². The maximum absolute atomic E-state index is 2.49. The normalized spacial score (nSPS) is 13.8. The molecule has 0 aliphatic heterocycles. The molecule has 0 radical (unpaired) electrons. The molecule has 0 spiro atoms. The van der Waals surface area contributed by atoms with Gasteiger partial charge >= 0.3 is 0 Å². The summed E-state index contributed by atoms with van der Waals surface area (Å²) < 4.78 is 2.40. The minimum Gasteiger partial charge on any atom is -0.310 e. The van der Waals surface area contributed by atoms with E-state index in [4.69, 9.17) is 0 Å². The van der Waals surface area contributed by atoms with Gasteiger partial charge in [-0.3, -0.25) is 0 Å². The molecule has 13 rings (SSSR count). The van der Waals surface area contributed by atoms with E-state index in [1.165, 1.54) is 88.6 Å². The van der Waals surface area contributed by atoms with Crippen molar-refractivity contribution in [1.82, 2.24) is 4.57 Å². The summed E-state index contributed by atoms with van der Waals surface area (Å²) in [6, 6.07) is 90.1. The number of nitrogens with zero attached hydrogens (tertiary/aromatic N) is 2. The van der Waals surface area contributed by atoms with Crippen molar-refractivity contribution in [3.63, 3.8) is 0 Å². The van der Waals surface area contributed by atoms with Gasteiger partial charge in [-0.15, -0.1) is 0 Å². The van der Waals surface area contributed by atoms with Crippen LogP contribution in [0.15, 0.2) is 243 Å². The summed E-state index contributed by atoms with van der Waals surface area (Å²) in [6.07, 6.45) is 0. The van der Waals surface area contributed by atoms with E-state index in [0.717, 1.165) is 22.7 Å². The van der Waals surface area contributed by atoms with E-state index < -0.39 is 5.41 Å². The molecule has 1 heterocycles. The van der Waals surface area contributed by atoms with Crippen LogP contribution in [0.2, 0.25) is 0 Å². The summed E-state index contributed by atoms with van der Waals surface area (Å²) in [6.45, 7) is 4.73. The second-order valence-corrected chi connectivity index (χ2v) is 18.4. The standard InChI is InChI=1S/C64H46N2/c1-63(2)56-29-15-12-25-51(56)52-39-37-48(41-58(52)63)65(46-23-10-5-11-24-46)49-38-40-55-59(42-49)64(44-19-6-3-7-20-44,45-21-8-4-9-22-45)57-30-18-28-50(62(55)57)43-33-35-47(36-34-43)66-60-31-16-13-26-53(60)54-27-14-17-32-61(54)66/h3-42H,1-2H3. The Labute approximate surface area is 386 Å². The van der Waals surface area contributed by atoms with Gasteiger partial charge < -0.3 is 9.47 Å². The van der Waals surface area contributed by atoms with Gasteiger partial charge in [0, 0.05) is 38.9 Å². The highest BCUT2D eigenvalue weighted by molar-refractivity contribution is 6.09. The van der Waals surface area contributed by atoms with Gasteiger partial charge in [-0.05, 0) is 127 Å². The zero-order valence-corrected chi connectivity index (χ0v) is 37.0. The smallest absolute Gasteiger partial charge is 0.0714 e. The van der Waals surface area contributed by atoms with Crippen molar-refractivity contribution in [2.75, 3.05) is 4.90 Å². The summed E-state index contributed by atoms with van der Waals surface area (Å²) in [5, 5.41) is 2.53. The molecule has 11 aromatic rings. The maximum atomic E-state index is 2.49. The van der Waals surface area contributed by atoms with Crippen molar-refractivity contribution in [2.24, 2.45) is 0 Å². The van der Waals surface area contributed by atoms with Crippen LogP contribution < -0.4 is 4.90 Å². The highest BCUT2D eigenvalue weighted by Gasteiger charge is 2.47. The number of aromatic nitrogens is 1. The van der Waals surface area contributed by atoms with Crippen LogP contribution >= 0.6 is 0 Å². The van der Waals surface area contributed by atoms with Crippen molar-refractivity contribution >= 4 is 38.9 Å². The zero-order valence-electron chi connectivity index (χ0n) is 37.0. The summed E-state index contributed by atoms with van der Waals surface area (Å²) in [4.78, 5) is 2.46. The molecule has 0 saturated carbocycles. The van der Waals surface area contributed by atoms with Gasteiger partial charge in [0.25, 0.3) is 0 Å². The topological polar surface area (TPSA) is 8.17 Å². The van der Waals surface area contributed by atoms with Gasteiger partial charge in [0.05, 0.1) is 16.4 Å². The molecule has 312 valence electrons. The molecule has 0 atom stereocenters. The Morgan fingerprint density at radius 1 is 0.348 bits per heavy atom. The van der Waals surface area contributed by atoms with Gasteiger partial charge in [-0.2, -0.15) is 0 Å². The fraction of sp³-hybridized carbons (Fsp3) is 0.0625. The van der Waals surface area contributed by atoms with E-state index in [0.29, 0.717) is 0 Å². The van der Waals surface area contributed by atoms with Gasteiger partial charge in [-0.1, -0.05) is 196 Å². The van der Waals surface area contributed by atoms with Crippen molar-refractivity contribution in [3.8, 4) is 39.1 Å². The van der Waals surface area contributed by atoms with E-state index >= 15 is 0 Å². The Balaban J connectivity index is 1.03. The predicted octanol–water partition coefficient (Wildman–Crippen LogP) is 16.6. The third kappa shape index (κ3) is 5.48. The lowest BCUT2D eigenvalue weighted by atomic mass is 9.67. The second-order valence-electron chi connectivity index (χ2n) is 18.4. The Morgan fingerprint density at radius 2 is 0.848 bits per heavy atom. The molecule has 0 amide bonds. The molecule has 0 bridgehead atoms. The van der Waals surface area contributed by atoms with Crippen LogP contribution in [-0.4, -0.2) is 4.57 Å². The Morgan fingerprint density at radius 3 is 1.50 bits per heavy atom. The molecule has 2 aliphatic rings. The zero-order chi connectivity index (χ0) is 44.0. The number of fused-ring (bicyclic) bond motifs is 9. The van der Waals surface area contributed by atoms with Crippen LogP contribution in [-0.2, 0) is 10.8 Å². The van der Waals surface area contributed by atoms with Crippen molar-refractivity contribution in [2.45, 2.75) is 24.7 Å². The van der Waals surface area contributed by atoms with E-state index in [1.807, 2.05) is 0 Å². The molecule has 0 N–H and O–H groups in total. The van der Waals surface area contributed by atoms with E-state index in [2.05, 4.69) is 266 Å². The van der Waals surface area contributed by atoms with Crippen molar-refractivity contribution in [3.05, 3.63) is 276 Å². The largest absolute Gasteiger partial charge is 0.310 e. The number of anilines is 3. The molecular formula is C64H46N2. The Hall–Kier alpha value is -8.20. The first-order valence-electron chi connectivity index (χ1n) is 23.1. The fourth-order valence-electron chi connectivity index (χ4n) is 11.8. The van der Waals surface area contributed by atoms with Crippen LogP contribution in [0, 0.1) is 0 Å². The van der Waals surface area contributed by atoms with Gasteiger partial charge in [0.2, 0.25) is 0 Å². The van der Waals surface area contributed by atoms with Crippen LogP contribution in [0.5, 0.6) is 0 Å². The lowest BCUT2D eigenvalue weighted by Crippen LogP contribution is -2.28. The first-order valence-corrected chi connectivity index (χ1v) is 23.1. The molecule has 0 fully saturated rings. The monoisotopic (exact) mass is 842 g/mol. The SMILES string of the molecule is CC1(C)c2ccccc2-c2ccc(N(c3ccccc3)c3ccc4c(c3)C(c3ccccc3)(c3ccccc3)c3cccc(-c5ccc(-n6c7ccccc7c7ccccc76)cc5)c3-4)cc21. The molecule has 1 aromatic heterocycles. The highest BCUT2D eigenvalue weighted by Crippen LogP contribution is 2.60. The van der Waals surface area contributed by atoms with E-state index in [-0.39, 0.29) is 5.41 Å². The highest BCUT2D eigenvalue weighted by atomic mass is 15.1. The van der Waals surface area contributed by atoms with Crippen LogP contribution in [0.25, 0.3) is 60.9 Å². The number of para-hydroxylation sites is 3. The van der Waals surface area contributed by atoms with Crippen LogP contribution in [0.3, 0.4) is 0 Å². The second kappa shape index (κ2) is 14.7. The summed E-state index contributed by atoms with van der Waals surface area (Å²) in [5.41, 5.74) is 21.6. The minimum absolute atomic E-state index is 0.127. The third-order valence-electron chi connectivity index (χ3n) is 14.7. The molecular weight excluding hydrogens is 797 g/mol. The van der Waals surface area contributed by atoms with Gasteiger partial charge in [0.1, 0.15) is 0 Å². The lowest BCUT2D eigenvalue weighted by molar-refractivity contribution is 0.660. The molecule has 66 heavy (non-hydrogen) atoms. The quantitative estimate of drug-likeness (QED) is 0.155. The molecule has 0 unspecified atom stereocenters. The number of benzene rings is 10. The lowest BCUT2D eigenvalue weighted by Gasteiger charge is -2.35. The van der Waals surface area contributed by atoms with E-state index in [9.17, 15) is 0 Å². The first-order chi connectivity index (χ1) is 32.5. The van der Waals surface area contributed by atoms with Gasteiger partial charge in [0.15, 0.2) is 0 Å². The van der Waals surface area contributed by atoms with Crippen LogP contribution in [0.4, 0.5) is 17.1 Å². The number of hydrogen-bond donors (Lipinski definition) is 0. The van der Waals surface area contributed by atoms with Crippen LogP contribution in [0.1, 0.15) is 47.2 Å². The summed E-state index contributed by atoms with van der Waals surface area (Å²) >= 11 is 0. The molecule has 0 saturated heterocycles. The average molecular weight is 843 g/mol. The average Bonchev–Trinajstić information content (AvgIpc) is 3.96. The summed E-state index contributed by atoms with van der Waals surface area (Å²) in [7, 11) is 0. The Kier molecular flexibility index (Phi) is 8.51. The number of rotatable bonds is 7.